The van der Waals surface area contributed by atoms with Crippen LogP contribution in [0.3, 0.4) is 0 Å². The number of imide groups is 1. The van der Waals surface area contributed by atoms with Crippen LogP contribution in [-0.4, -0.2) is 41.4 Å². The molecule has 0 aliphatic rings. The van der Waals surface area contributed by atoms with Crippen molar-refractivity contribution in [2.75, 3.05) is 13.6 Å². The Balaban J connectivity index is 2.26. The van der Waals surface area contributed by atoms with Gasteiger partial charge in [-0.3, -0.25) is 14.8 Å². The maximum absolute atomic E-state index is 11.5. The van der Waals surface area contributed by atoms with Crippen molar-refractivity contribution in [3.8, 4) is 0 Å². The van der Waals surface area contributed by atoms with Gasteiger partial charge in [-0.15, -0.1) is 0 Å². The Labute approximate surface area is 106 Å². The fraction of sp³-hybridized carbons (Fsp3) is 0.545. The van der Waals surface area contributed by atoms with Crippen LogP contribution < -0.4 is 16.0 Å². The summed E-state index contributed by atoms with van der Waals surface area (Å²) in [5.74, 6) is -0.347. The predicted molar refractivity (Wildman–Crippen MR) is 67.0 cm³/mol. The van der Waals surface area contributed by atoms with Crippen LogP contribution in [0.5, 0.6) is 0 Å². The summed E-state index contributed by atoms with van der Waals surface area (Å²) in [6.07, 6.45) is 4.50. The second kappa shape index (κ2) is 6.75. The van der Waals surface area contributed by atoms with Crippen molar-refractivity contribution in [1.82, 2.24) is 25.7 Å². The minimum absolute atomic E-state index is 0.347. The van der Waals surface area contributed by atoms with Crippen molar-refractivity contribution in [1.29, 1.82) is 0 Å². The summed E-state index contributed by atoms with van der Waals surface area (Å²) in [6.45, 7) is 2.36. The van der Waals surface area contributed by atoms with E-state index in [4.69, 9.17) is 0 Å². The molecule has 1 unspecified atom stereocenters. The van der Waals surface area contributed by atoms with Crippen LogP contribution >= 0.6 is 0 Å². The van der Waals surface area contributed by atoms with Gasteiger partial charge in [-0.1, -0.05) is 0 Å². The highest BCUT2D eigenvalue weighted by atomic mass is 16.2. The molecule has 18 heavy (non-hydrogen) atoms. The molecule has 0 radical (unpaired) electrons. The first-order chi connectivity index (χ1) is 8.52. The smallest absolute Gasteiger partial charge is 0.321 e. The van der Waals surface area contributed by atoms with Gasteiger partial charge in [-0.2, -0.15) is 5.10 Å². The lowest BCUT2D eigenvalue weighted by Gasteiger charge is -2.12. The Morgan fingerprint density at radius 3 is 2.78 bits per heavy atom. The minimum atomic E-state index is -0.499. The molecule has 7 heteroatoms. The van der Waals surface area contributed by atoms with E-state index in [-0.39, 0.29) is 5.91 Å². The van der Waals surface area contributed by atoms with Crippen LogP contribution in [0.25, 0.3) is 0 Å². The zero-order chi connectivity index (χ0) is 13.5. The molecule has 1 aromatic heterocycles. The summed E-state index contributed by atoms with van der Waals surface area (Å²) in [5.41, 5.74) is 1.10. The molecule has 0 saturated carbocycles. The molecule has 1 rings (SSSR count). The standard InChI is InChI=1S/C11H19N5O2/c1-8(10(17)15-11(18)12-2)13-5-4-9-6-14-16(3)7-9/h6-8,13H,4-5H2,1-3H3,(H2,12,15,17,18). The van der Waals surface area contributed by atoms with Crippen LogP contribution in [0.15, 0.2) is 12.4 Å². The van der Waals surface area contributed by atoms with Crippen LogP contribution in [-0.2, 0) is 18.3 Å². The van der Waals surface area contributed by atoms with Gasteiger partial charge in [0.15, 0.2) is 0 Å². The van der Waals surface area contributed by atoms with Crippen molar-refractivity contribution < 1.29 is 9.59 Å². The fourth-order valence-electron chi connectivity index (χ4n) is 1.41. The summed E-state index contributed by atoms with van der Waals surface area (Å²) in [6, 6.07) is -0.917. The van der Waals surface area contributed by atoms with E-state index in [9.17, 15) is 9.59 Å². The molecule has 0 bridgehead atoms. The zero-order valence-corrected chi connectivity index (χ0v) is 10.9. The highest BCUT2D eigenvalue weighted by Gasteiger charge is 2.13. The monoisotopic (exact) mass is 253 g/mol. The summed E-state index contributed by atoms with van der Waals surface area (Å²) < 4.78 is 1.73. The molecular formula is C11H19N5O2. The third-order valence-corrected chi connectivity index (χ3v) is 2.48. The lowest BCUT2D eigenvalue weighted by atomic mass is 10.2. The maximum Gasteiger partial charge on any atom is 0.321 e. The summed E-state index contributed by atoms with van der Waals surface area (Å²) in [7, 11) is 3.32. The van der Waals surface area contributed by atoms with Gasteiger partial charge < -0.3 is 10.6 Å². The third kappa shape index (κ3) is 4.54. The average Bonchev–Trinajstić information content (AvgIpc) is 2.74. The molecule has 0 aromatic carbocycles. The van der Waals surface area contributed by atoms with E-state index in [1.165, 1.54) is 7.05 Å². The minimum Gasteiger partial charge on any atom is -0.341 e. The number of carbonyl (C=O) groups is 2. The second-order valence-electron chi connectivity index (χ2n) is 4.02. The fourth-order valence-corrected chi connectivity index (χ4v) is 1.41. The van der Waals surface area contributed by atoms with Gasteiger partial charge >= 0.3 is 6.03 Å². The van der Waals surface area contributed by atoms with Crippen molar-refractivity contribution in [2.24, 2.45) is 7.05 Å². The topological polar surface area (TPSA) is 88.1 Å². The molecule has 1 aromatic rings. The van der Waals surface area contributed by atoms with Crippen LogP contribution in [0, 0.1) is 0 Å². The predicted octanol–water partition coefficient (Wildman–Crippen LogP) is -0.604. The Kier molecular flexibility index (Phi) is 5.31. The number of carbonyl (C=O) groups excluding carboxylic acids is 2. The first-order valence-corrected chi connectivity index (χ1v) is 5.76. The van der Waals surface area contributed by atoms with Crippen molar-refractivity contribution in [2.45, 2.75) is 19.4 Å². The molecule has 1 atom stereocenters. The van der Waals surface area contributed by atoms with E-state index in [1.807, 2.05) is 13.2 Å². The number of hydrogen-bond donors (Lipinski definition) is 3. The van der Waals surface area contributed by atoms with E-state index >= 15 is 0 Å². The Hall–Kier alpha value is -1.89. The zero-order valence-electron chi connectivity index (χ0n) is 10.9. The first-order valence-electron chi connectivity index (χ1n) is 5.76. The number of amides is 3. The highest BCUT2D eigenvalue weighted by molar-refractivity contribution is 5.96. The van der Waals surface area contributed by atoms with Gasteiger partial charge in [0.1, 0.15) is 0 Å². The highest BCUT2D eigenvalue weighted by Crippen LogP contribution is 1.96. The number of aryl methyl sites for hydroxylation is 1. The van der Waals surface area contributed by atoms with E-state index in [0.717, 1.165) is 12.0 Å². The van der Waals surface area contributed by atoms with E-state index in [1.54, 1.807) is 17.8 Å². The molecule has 7 nitrogen and oxygen atoms in total. The van der Waals surface area contributed by atoms with Crippen LogP contribution in [0.1, 0.15) is 12.5 Å². The van der Waals surface area contributed by atoms with Gasteiger partial charge in [0.2, 0.25) is 5.91 Å². The number of nitrogens with one attached hydrogen (secondary N) is 3. The first kappa shape index (κ1) is 14.2. The van der Waals surface area contributed by atoms with Gasteiger partial charge in [0, 0.05) is 26.8 Å². The number of urea groups is 1. The molecule has 1 heterocycles. The molecule has 0 aliphatic heterocycles. The molecule has 0 fully saturated rings. The maximum atomic E-state index is 11.5. The van der Waals surface area contributed by atoms with Gasteiger partial charge in [0.05, 0.1) is 12.2 Å². The number of nitrogens with zero attached hydrogens (tertiary/aromatic N) is 2. The van der Waals surface area contributed by atoms with E-state index in [0.29, 0.717) is 6.54 Å². The van der Waals surface area contributed by atoms with Crippen molar-refractivity contribution in [3.63, 3.8) is 0 Å². The number of aromatic nitrogens is 2. The summed E-state index contributed by atoms with van der Waals surface area (Å²) in [4.78, 5) is 22.5. The third-order valence-electron chi connectivity index (χ3n) is 2.48. The number of hydrogen-bond acceptors (Lipinski definition) is 4. The lowest BCUT2D eigenvalue weighted by molar-refractivity contribution is -0.121. The van der Waals surface area contributed by atoms with Crippen molar-refractivity contribution >= 4 is 11.9 Å². The molecule has 3 amide bonds. The number of rotatable bonds is 5. The molecule has 3 N–H and O–H groups in total. The quantitative estimate of drug-likeness (QED) is 0.653. The van der Waals surface area contributed by atoms with Gasteiger partial charge in [0.25, 0.3) is 0 Å². The molecule has 100 valence electrons. The molecular weight excluding hydrogens is 234 g/mol. The normalized spacial score (nSPS) is 11.9. The van der Waals surface area contributed by atoms with Crippen LogP contribution in [0.2, 0.25) is 0 Å². The van der Waals surface area contributed by atoms with Crippen LogP contribution in [0.4, 0.5) is 4.79 Å². The molecule has 0 spiro atoms. The lowest BCUT2D eigenvalue weighted by Crippen LogP contribution is -2.47. The largest absolute Gasteiger partial charge is 0.341 e. The second-order valence-corrected chi connectivity index (χ2v) is 4.02. The SMILES string of the molecule is CNC(=O)NC(=O)C(C)NCCc1cnn(C)c1. The van der Waals surface area contributed by atoms with E-state index < -0.39 is 12.1 Å². The van der Waals surface area contributed by atoms with E-state index in [2.05, 4.69) is 21.0 Å². The Morgan fingerprint density at radius 1 is 1.50 bits per heavy atom. The average molecular weight is 253 g/mol. The molecule has 0 aliphatic carbocycles. The van der Waals surface area contributed by atoms with Crippen molar-refractivity contribution in [3.05, 3.63) is 18.0 Å². The Bertz CT molecular complexity index is 415. The van der Waals surface area contributed by atoms with Gasteiger partial charge in [-0.25, -0.2) is 4.79 Å². The summed E-state index contributed by atoms with van der Waals surface area (Å²) >= 11 is 0. The van der Waals surface area contributed by atoms with Gasteiger partial charge in [-0.05, 0) is 18.9 Å². The molecule has 0 saturated heterocycles. The summed E-state index contributed by atoms with van der Waals surface area (Å²) in [5, 5.41) is 11.6. The Morgan fingerprint density at radius 2 is 2.22 bits per heavy atom.